The first kappa shape index (κ1) is 14.2. The molecule has 0 saturated heterocycles. The van der Waals surface area contributed by atoms with Gasteiger partial charge in [-0.3, -0.25) is 9.59 Å². The molecule has 0 saturated carbocycles. The van der Waals surface area contributed by atoms with E-state index in [1.807, 2.05) is 0 Å². The molecule has 0 spiro atoms. The maximum absolute atomic E-state index is 13.5. The topological polar surface area (TPSA) is 43.4 Å². The van der Waals surface area contributed by atoms with Gasteiger partial charge in [0.1, 0.15) is 6.29 Å². The first-order valence-corrected chi connectivity index (χ1v) is 6.15. The molecule has 0 fully saturated rings. The zero-order valence-electron chi connectivity index (χ0n) is 10.3. The summed E-state index contributed by atoms with van der Waals surface area (Å²) in [5, 5.41) is 0.317. The van der Waals surface area contributed by atoms with Crippen LogP contribution in [0.1, 0.15) is 20.7 Å². The molecule has 2 aromatic rings. The van der Waals surface area contributed by atoms with Crippen LogP contribution in [-0.2, 0) is 0 Å². The number of aldehydes is 1. The molecular weight excluding hydrogens is 283 g/mol. The molecule has 0 aliphatic carbocycles. The molecule has 0 unspecified atom stereocenters. The Hall–Kier alpha value is -2.20. The third-order valence-corrected chi connectivity index (χ3v) is 2.95. The van der Waals surface area contributed by atoms with Crippen LogP contribution >= 0.6 is 11.6 Å². The van der Waals surface area contributed by atoms with Crippen LogP contribution in [0.4, 0.5) is 4.39 Å². The van der Waals surface area contributed by atoms with E-state index < -0.39 is 5.82 Å². The van der Waals surface area contributed by atoms with E-state index in [-0.39, 0.29) is 23.7 Å². The van der Waals surface area contributed by atoms with Crippen molar-refractivity contribution in [1.82, 2.24) is 0 Å². The lowest BCUT2D eigenvalue weighted by molar-refractivity contribution is 0.0918. The number of ether oxygens (including phenoxy) is 1. The largest absolute Gasteiger partial charge is 0.482 e. The Labute approximate surface area is 119 Å². The highest BCUT2D eigenvalue weighted by atomic mass is 35.5. The molecule has 3 nitrogen and oxygen atoms in total. The summed E-state index contributed by atoms with van der Waals surface area (Å²) in [5.74, 6) is -1.13. The molecule has 0 radical (unpaired) electrons. The van der Waals surface area contributed by atoms with Crippen LogP contribution in [0.3, 0.4) is 0 Å². The van der Waals surface area contributed by atoms with Gasteiger partial charge >= 0.3 is 0 Å². The maximum atomic E-state index is 13.5. The molecule has 102 valence electrons. The molecule has 5 heteroatoms. The van der Waals surface area contributed by atoms with Crippen molar-refractivity contribution in [2.75, 3.05) is 6.61 Å². The molecule has 20 heavy (non-hydrogen) atoms. The van der Waals surface area contributed by atoms with Crippen LogP contribution < -0.4 is 4.74 Å². The van der Waals surface area contributed by atoms with Gasteiger partial charge in [-0.15, -0.1) is 0 Å². The van der Waals surface area contributed by atoms with Gasteiger partial charge in [0.2, 0.25) is 5.78 Å². The number of benzene rings is 2. The Morgan fingerprint density at radius 2 is 2.00 bits per heavy atom. The fourth-order valence-electron chi connectivity index (χ4n) is 1.62. The van der Waals surface area contributed by atoms with E-state index in [0.29, 0.717) is 16.9 Å². The summed E-state index contributed by atoms with van der Waals surface area (Å²) in [6.45, 7) is -0.332. The van der Waals surface area contributed by atoms with E-state index >= 15 is 0 Å². The highest BCUT2D eigenvalue weighted by molar-refractivity contribution is 6.34. The summed E-state index contributed by atoms with van der Waals surface area (Å²) in [5.41, 5.74) is 0.520. The lowest BCUT2D eigenvalue weighted by Crippen LogP contribution is -2.12. The third-order valence-electron chi connectivity index (χ3n) is 2.63. The molecule has 2 aromatic carbocycles. The molecule has 2 rings (SSSR count). The lowest BCUT2D eigenvalue weighted by Gasteiger charge is -2.07. The van der Waals surface area contributed by atoms with E-state index in [2.05, 4.69) is 0 Å². The van der Waals surface area contributed by atoms with Gasteiger partial charge in [-0.2, -0.15) is 0 Å². The SMILES string of the molecule is O=Cc1ccc(OCC(=O)c2ccccc2Cl)c(F)c1. The number of carbonyl (C=O) groups excluding carboxylic acids is 2. The van der Waals surface area contributed by atoms with Crippen molar-refractivity contribution in [2.24, 2.45) is 0 Å². The third kappa shape index (κ3) is 3.22. The summed E-state index contributed by atoms with van der Waals surface area (Å²) < 4.78 is 18.7. The van der Waals surface area contributed by atoms with Gasteiger partial charge in [-0.25, -0.2) is 4.39 Å². The Kier molecular flexibility index (Phi) is 4.48. The number of hydrogen-bond donors (Lipinski definition) is 0. The average Bonchev–Trinajstić information content (AvgIpc) is 2.46. The van der Waals surface area contributed by atoms with Crippen molar-refractivity contribution in [3.8, 4) is 5.75 Å². The van der Waals surface area contributed by atoms with Gasteiger partial charge in [0, 0.05) is 11.1 Å². The second-order valence-corrected chi connectivity index (χ2v) is 4.41. The fraction of sp³-hybridized carbons (Fsp3) is 0.0667. The molecule has 0 amide bonds. The van der Waals surface area contributed by atoms with E-state index in [1.54, 1.807) is 24.3 Å². The minimum absolute atomic E-state index is 0.0870. The minimum atomic E-state index is -0.693. The Morgan fingerprint density at radius 1 is 1.25 bits per heavy atom. The van der Waals surface area contributed by atoms with Crippen LogP contribution in [0.2, 0.25) is 5.02 Å². The normalized spacial score (nSPS) is 10.1. The second kappa shape index (κ2) is 6.30. The van der Waals surface area contributed by atoms with Crippen LogP contribution in [0.25, 0.3) is 0 Å². The van der Waals surface area contributed by atoms with Gasteiger partial charge in [0.05, 0.1) is 5.02 Å². The smallest absolute Gasteiger partial charge is 0.201 e. The molecule has 0 atom stereocenters. The standard InChI is InChI=1S/C15H10ClFO3/c16-12-4-2-1-3-11(12)14(19)9-20-15-6-5-10(8-18)7-13(15)17/h1-8H,9H2. The van der Waals surface area contributed by atoms with Crippen LogP contribution in [0.15, 0.2) is 42.5 Å². The van der Waals surface area contributed by atoms with Crippen LogP contribution in [0, 0.1) is 5.82 Å². The Morgan fingerprint density at radius 3 is 2.65 bits per heavy atom. The first-order valence-electron chi connectivity index (χ1n) is 5.77. The predicted molar refractivity (Wildman–Crippen MR) is 73.1 cm³/mol. The molecule has 0 bridgehead atoms. The monoisotopic (exact) mass is 292 g/mol. The molecule has 0 heterocycles. The van der Waals surface area contributed by atoms with Gasteiger partial charge in [-0.05, 0) is 30.3 Å². The molecule has 0 aliphatic heterocycles. The summed E-state index contributed by atoms with van der Waals surface area (Å²) in [4.78, 5) is 22.4. The van der Waals surface area contributed by atoms with Crippen LogP contribution in [0.5, 0.6) is 5.75 Å². The molecular formula is C15H10ClFO3. The summed E-state index contributed by atoms with van der Waals surface area (Å²) >= 11 is 5.88. The molecule has 0 aliphatic rings. The number of Topliss-reactive ketones (excluding diaryl/α,β-unsaturated/α-hetero) is 1. The number of carbonyl (C=O) groups is 2. The van der Waals surface area contributed by atoms with Gasteiger partial charge in [0.25, 0.3) is 0 Å². The van der Waals surface area contributed by atoms with Crippen molar-refractivity contribution in [1.29, 1.82) is 0 Å². The summed E-state index contributed by atoms with van der Waals surface area (Å²) in [6.07, 6.45) is 0.530. The van der Waals surface area contributed by atoms with E-state index in [4.69, 9.17) is 16.3 Å². The highest BCUT2D eigenvalue weighted by Gasteiger charge is 2.12. The quantitative estimate of drug-likeness (QED) is 0.625. The first-order chi connectivity index (χ1) is 9.61. The molecule has 0 N–H and O–H groups in total. The van der Waals surface area contributed by atoms with Gasteiger partial charge in [0.15, 0.2) is 18.2 Å². The van der Waals surface area contributed by atoms with E-state index in [0.717, 1.165) is 6.07 Å². The fourth-order valence-corrected chi connectivity index (χ4v) is 1.86. The zero-order valence-corrected chi connectivity index (χ0v) is 11.1. The summed E-state index contributed by atoms with van der Waals surface area (Å²) in [7, 11) is 0. The summed E-state index contributed by atoms with van der Waals surface area (Å²) in [6, 6.07) is 10.3. The average molecular weight is 293 g/mol. The Bertz CT molecular complexity index is 655. The van der Waals surface area contributed by atoms with Gasteiger partial charge in [-0.1, -0.05) is 23.7 Å². The molecule has 0 aromatic heterocycles. The van der Waals surface area contributed by atoms with Crippen LogP contribution in [-0.4, -0.2) is 18.7 Å². The van der Waals surface area contributed by atoms with Crippen molar-refractivity contribution in [3.63, 3.8) is 0 Å². The van der Waals surface area contributed by atoms with E-state index in [9.17, 15) is 14.0 Å². The predicted octanol–water partition coefficient (Wildman–Crippen LogP) is 3.55. The number of rotatable bonds is 5. The second-order valence-electron chi connectivity index (χ2n) is 4.00. The van der Waals surface area contributed by atoms with Crippen molar-refractivity contribution < 1.29 is 18.7 Å². The van der Waals surface area contributed by atoms with Crippen molar-refractivity contribution >= 4 is 23.7 Å². The zero-order chi connectivity index (χ0) is 14.5. The van der Waals surface area contributed by atoms with Crippen molar-refractivity contribution in [3.05, 3.63) is 64.4 Å². The maximum Gasteiger partial charge on any atom is 0.201 e. The highest BCUT2D eigenvalue weighted by Crippen LogP contribution is 2.19. The minimum Gasteiger partial charge on any atom is -0.482 e. The Balaban J connectivity index is 2.07. The van der Waals surface area contributed by atoms with E-state index in [1.165, 1.54) is 12.1 Å². The van der Waals surface area contributed by atoms with Gasteiger partial charge < -0.3 is 4.74 Å². The number of ketones is 1. The van der Waals surface area contributed by atoms with Crippen molar-refractivity contribution in [2.45, 2.75) is 0 Å². The number of halogens is 2. The lowest BCUT2D eigenvalue weighted by atomic mass is 10.1. The number of hydrogen-bond acceptors (Lipinski definition) is 3.